The first-order chi connectivity index (χ1) is 14.1. The second kappa shape index (κ2) is 11.8. The van der Waals surface area contributed by atoms with E-state index in [1.54, 1.807) is 0 Å². The first kappa shape index (κ1) is 28.1. The number of carboxylic acid groups (broad SMARTS) is 1. The summed E-state index contributed by atoms with van der Waals surface area (Å²) in [6.07, 6.45) is -12.6. The average Bonchev–Trinajstić information content (AvgIpc) is 2.96. The molecular formula is C16H26MgO14. The number of esters is 1. The van der Waals surface area contributed by atoms with Gasteiger partial charge in [0.1, 0.15) is 55.9 Å². The minimum absolute atomic E-state index is 0. The molecule has 2 saturated heterocycles. The molecule has 14 nitrogen and oxygen atoms in total. The first-order valence-electron chi connectivity index (χ1n) is 8.77. The Morgan fingerprint density at radius 3 is 2.10 bits per heavy atom. The third-order valence-corrected chi connectivity index (χ3v) is 4.64. The molecular weight excluding hydrogens is 440 g/mol. The molecule has 176 valence electrons. The van der Waals surface area contributed by atoms with E-state index in [9.17, 15) is 45.3 Å². The molecule has 0 saturated carbocycles. The third kappa shape index (κ3) is 6.31. The van der Waals surface area contributed by atoms with Crippen LogP contribution in [0, 0.1) is 0 Å². The van der Waals surface area contributed by atoms with Crippen molar-refractivity contribution in [2.75, 3.05) is 19.8 Å². The lowest BCUT2D eigenvalue weighted by Crippen LogP contribution is -2.62. The van der Waals surface area contributed by atoms with Crippen molar-refractivity contribution in [2.24, 2.45) is 0 Å². The molecule has 0 unspecified atom stereocenters. The van der Waals surface area contributed by atoms with Gasteiger partial charge in [-0.05, 0) is 0 Å². The maximum Gasteiger partial charge on any atom is 0.331 e. The van der Waals surface area contributed by atoms with Crippen LogP contribution in [-0.2, 0) is 28.5 Å². The van der Waals surface area contributed by atoms with Crippen molar-refractivity contribution in [3.8, 4) is 0 Å². The number of carboxylic acids is 1. The number of aliphatic hydroxyl groups excluding tert-OH is 7. The van der Waals surface area contributed by atoms with Crippen LogP contribution in [0.4, 0.5) is 0 Å². The quantitative estimate of drug-likeness (QED) is 0.0944. The third-order valence-electron chi connectivity index (χ3n) is 4.64. The van der Waals surface area contributed by atoms with E-state index in [1.807, 2.05) is 0 Å². The zero-order valence-corrected chi connectivity index (χ0v) is 15.4. The molecule has 0 aliphatic carbocycles. The normalized spacial score (nSPS) is 40.5. The van der Waals surface area contributed by atoms with Gasteiger partial charge in [-0.15, -0.1) is 0 Å². The second-order valence-electron chi connectivity index (χ2n) is 6.68. The molecule has 9 atom stereocenters. The predicted molar refractivity (Wildman–Crippen MR) is 97.8 cm³/mol. The van der Waals surface area contributed by atoms with E-state index in [0.29, 0.717) is 12.2 Å². The minimum Gasteiger partial charge on any atom is -0.478 e. The van der Waals surface area contributed by atoms with Gasteiger partial charge in [-0.3, -0.25) is 0 Å². The molecule has 0 spiro atoms. The summed E-state index contributed by atoms with van der Waals surface area (Å²) in [6.45, 7) is -2.47. The predicted octanol–water partition coefficient (Wildman–Crippen LogP) is -6.12. The van der Waals surface area contributed by atoms with E-state index < -0.39 is 86.6 Å². The number of hydrogen-bond acceptors (Lipinski definition) is 13. The van der Waals surface area contributed by atoms with Gasteiger partial charge in [0.15, 0.2) is 6.29 Å². The zero-order chi connectivity index (χ0) is 22.6. The number of aliphatic carboxylic acids is 1. The molecule has 0 radical (unpaired) electrons. The van der Waals surface area contributed by atoms with Crippen molar-refractivity contribution in [3.63, 3.8) is 0 Å². The molecule has 2 aliphatic rings. The van der Waals surface area contributed by atoms with E-state index in [0.717, 1.165) is 0 Å². The smallest absolute Gasteiger partial charge is 0.331 e. The summed E-state index contributed by atoms with van der Waals surface area (Å²) in [5.41, 5.74) is 0. The highest BCUT2D eigenvalue weighted by Crippen LogP contribution is 2.35. The van der Waals surface area contributed by atoms with Gasteiger partial charge in [0.05, 0.1) is 6.61 Å². The first-order valence-corrected chi connectivity index (χ1v) is 8.77. The summed E-state index contributed by atoms with van der Waals surface area (Å²) in [6, 6.07) is 0. The van der Waals surface area contributed by atoms with Gasteiger partial charge in [0.25, 0.3) is 0 Å². The monoisotopic (exact) mass is 466 g/mol. The van der Waals surface area contributed by atoms with E-state index in [2.05, 4.69) is 0 Å². The number of rotatable bonds is 8. The van der Waals surface area contributed by atoms with E-state index in [-0.39, 0.29) is 23.1 Å². The van der Waals surface area contributed by atoms with Crippen LogP contribution >= 0.6 is 0 Å². The van der Waals surface area contributed by atoms with Crippen LogP contribution in [0.25, 0.3) is 0 Å². The molecule has 31 heavy (non-hydrogen) atoms. The van der Waals surface area contributed by atoms with Crippen LogP contribution in [0.5, 0.6) is 0 Å². The maximum atomic E-state index is 11.5. The van der Waals surface area contributed by atoms with Gasteiger partial charge in [-0.2, -0.15) is 0 Å². The number of aliphatic hydroxyl groups is 7. The van der Waals surface area contributed by atoms with Crippen LogP contribution in [0.2, 0.25) is 0 Å². The molecule has 0 aromatic rings. The zero-order valence-electron chi connectivity index (χ0n) is 15.4. The summed E-state index contributed by atoms with van der Waals surface area (Å²) in [5, 5.41) is 77.4. The van der Waals surface area contributed by atoms with Gasteiger partial charge >= 0.3 is 35.0 Å². The van der Waals surface area contributed by atoms with Crippen molar-refractivity contribution in [2.45, 2.75) is 54.8 Å². The van der Waals surface area contributed by atoms with Crippen molar-refractivity contribution in [1.29, 1.82) is 0 Å². The minimum atomic E-state index is -2.34. The number of hydrogen-bond donors (Lipinski definition) is 8. The summed E-state index contributed by atoms with van der Waals surface area (Å²) < 4.78 is 20.4. The lowest BCUT2D eigenvalue weighted by atomic mass is 9.99. The van der Waals surface area contributed by atoms with Crippen LogP contribution in [0.1, 0.15) is 0 Å². The van der Waals surface area contributed by atoms with Crippen LogP contribution in [0.15, 0.2) is 12.2 Å². The largest absolute Gasteiger partial charge is 0.478 e. The fourth-order valence-corrected chi connectivity index (χ4v) is 2.97. The van der Waals surface area contributed by atoms with Gasteiger partial charge < -0.3 is 59.8 Å². The number of carbonyl (C=O) groups excluding carboxylic acids is 1. The highest BCUT2D eigenvalue weighted by molar-refractivity contribution is 5.90. The molecule has 0 aromatic heterocycles. The Balaban J connectivity index is 0.00000480. The Morgan fingerprint density at radius 2 is 1.58 bits per heavy atom. The average molecular weight is 467 g/mol. The van der Waals surface area contributed by atoms with Gasteiger partial charge in [-0.1, -0.05) is 0 Å². The Hall–Kier alpha value is -0.954. The molecule has 0 aromatic carbocycles. The van der Waals surface area contributed by atoms with E-state index in [1.165, 1.54) is 0 Å². The summed E-state index contributed by atoms with van der Waals surface area (Å²) in [5.74, 6) is -4.84. The Labute approximate surface area is 191 Å². The maximum absolute atomic E-state index is 11.5. The standard InChI is InChI=1S/C16H24O14.Mg.2H/c17-3-6-11(23)14(26)16(5-18,29-6)30-15-13(25)12(24)10(22)7(28-15)4-27-9(21)2-1-8(19)20;;;/h1-2,6-7,10-15,17-18,22-26H,3-5H2,(H,19,20);;;/b2-1-;;;/t6-,7-,10-,11-,12+,13-,14+,15-,16+;;;/m1.../s1. The molecule has 8 N–H and O–H groups in total. The molecule has 2 heterocycles. The van der Waals surface area contributed by atoms with Crippen molar-refractivity contribution in [3.05, 3.63) is 12.2 Å². The Morgan fingerprint density at radius 1 is 0.935 bits per heavy atom. The van der Waals surface area contributed by atoms with Crippen molar-refractivity contribution < 1.29 is 69.4 Å². The molecule has 2 rings (SSSR count). The van der Waals surface area contributed by atoms with Gasteiger partial charge in [0.2, 0.25) is 5.79 Å². The second-order valence-corrected chi connectivity index (χ2v) is 6.68. The van der Waals surface area contributed by atoms with E-state index >= 15 is 0 Å². The van der Waals surface area contributed by atoms with Crippen LogP contribution in [-0.4, -0.2) is 150 Å². The molecule has 15 heteroatoms. The van der Waals surface area contributed by atoms with Crippen molar-refractivity contribution >= 4 is 35.0 Å². The lowest BCUT2D eigenvalue weighted by Gasteiger charge is -2.43. The Bertz CT molecular complexity index is 646. The van der Waals surface area contributed by atoms with Crippen LogP contribution < -0.4 is 0 Å². The van der Waals surface area contributed by atoms with Gasteiger partial charge in [0, 0.05) is 12.2 Å². The number of carbonyl (C=O) groups is 2. The molecule has 2 aliphatic heterocycles. The molecule has 0 amide bonds. The topological polar surface area (TPSA) is 233 Å². The van der Waals surface area contributed by atoms with Crippen LogP contribution in [0.3, 0.4) is 0 Å². The summed E-state index contributed by atoms with van der Waals surface area (Å²) in [4.78, 5) is 21.8. The highest BCUT2D eigenvalue weighted by Gasteiger charge is 2.58. The SMILES string of the molecule is O=C(O)/C=C\C(=O)OC[C@H]1O[C@H](O[C@]2(CO)O[C@H](CO)[C@@H](O)[C@@H]2O)[C@H](O)[C@@H](O)[C@@H]1O.[MgH2]. The number of ether oxygens (including phenoxy) is 4. The van der Waals surface area contributed by atoms with Crippen molar-refractivity contribution in [1.82, 2.24) is 0 Å². The fourth-order valence-electron chi connectivity index (χ4n) is 2.97. The lowest BCUT2D eigenvalue weighted by molar-refractivity contribution is -0.383. The Kier molecular flexibility index (Phi) is 10.7. The summed E-state index contributed by atoms with van der Waals surface area (Å²) >= 11 is 0. The highest BCUT2D eigenvalue weighted by atomic mass is 24.3. The molecule has 0 bridgehead atoms. The van der Waals surface area contributed by atoms with E-state index in [4.69, 9.17) is 24.1 Å². The van der Waals surface area contributed by atoms with Gasteiger partial charge in [-0.25, -0.2) is 9.59 Å². The molecule has 2 fully saturated rings. The summed E-state index contributed by atoms with van der Waals surface area (Å²) in [7, 11) is 0. The fraction of sp³-hybridized carbons (Fsp3) is 0.750.